The van der Waals surface area contributed by atoms with Gasteiger partial charge in [0.05, 0.1) is 16.8 Å². The number of rotatable bonds is 9. The predicted octanol–water partition coefficient (Wildman–Crippen LogP) is 5.37. The number of carbonyl (C=O) groups is 3. The summed E-state index contributed by atoms with van der Waals surface area (Å²) >= 11 is 0. The van der Waals surface area contributed by atoms with Crippen molar-refractivity contribution >= 4 is 29.2 Å². The Bertz CT molecular complexity index is 2100. The van der Waals surface area contributed by atoms with Gasteiger partial charge in [-0.15, -0.1) is 0 Å². The van der Waals surface area contributed by atoms with Crippen molar-refractivity contribution in [3.05, 3.63) is 81.9 Å². The fourth-order valence-corrected chi connectivity index (χ4v) is 9.47. The topological polar surface area (TPSA) is 146 Å². The molecule has 12 nitrogen and oxygen atoms in total. The van der Waals surface area contributed by atoms with E-state index in [1.165, 1.54) is 0 Å². The average molecular weight is 705 g/mol. The Morgan fingerprint density at radius 2 is 1.40 bits per heavy atom. The lowest BCUT2D eigenvalue weighted by Crippen LogP contribution is -2.34. The molecule has 8 rings (SSSR count). The van der Waals surface area contributed by atoms with Crippen LogP contribution in [0.25, 0.3) is 11.1 Å². The summed E-state index contributed by atoms with van der Waals surface area (Å²) in [5.41, 5.74) is 8.90. The summed E-state index contributed by atoms with van der Waals surface area (Å²) in [7, 11) is 3.81. The van der Waals surface area contributed by atoms with Crippen LogP contribution >= 0.6 is 0 Å². The van der Waals surface area contributed by atoms with Crippen LogP contribution < -0.4 is 16.0 Å². The second-order valence-corrected chi connectivity index (χ2v) is 15.6. The second-order valence-electron chi connectivity index (χ2n) is 15.6. The van der Waals surface area contributed by atoms with E-state index in [-0.39, 0.29) is 17.2 Å². The van der Waals surface area contributed by atoms with Crippen LogP contribution in [0.3, 0.4) is 0 Å². The molecule has 4 N–H and O–H groups in total. The molecule has 2 fully saturated rings. The largest absolute Gasteiger partial charge is 0.481 e. The molecule has 2 amide bonds. The fourth-order valence-electron chi connectivity index (χ4n) is 9.47. The van der Waals surface area contributed by atoms with E-state index in [4.69, 9.17) is 4.98 Å². The van der Waals surface area contributed by atoms with Crippen LogP contribution in [-0.4, -0.2) is 66.5 Å². The summed E-state index contributed by atoms with van der Waals surface area (Å²) in [5, 5.41) is 19.4. The maximum atomic E-state index is 13.8. The van der Waals surface area contributed by atoms with Gasteiger partial charge in [-0.25, -0.2) is 9.97 Å². The minimum atomic E-state index is -0.613. The summed E-state index contributed by atoms with van der Waals surface area (Å²) in [6.45, 7) is 8.04. The molecule has 2 aromatic heterocycles. The van der Waals surface area contributed by atoms with Gasteiger partial charge in [0.25, 0.3) is 11.8 Å². The highest BCUT2D eigenvalue weighted by atomic mass is 16.4. The molecule has 0 spiro atoms. The molecule has 2 aliphatic heterocycles. The number of carboxylic acids is 1. The molecule has 2 saturated carbocycles. The molecule has 272 valence electrons. The van der Waals surface area contributed by atoms with Crippen molar-refractivity contribution in [1.29, 1.82) is 0 Å². The molecule has 12 heteroatoms. The van der Waals surface area contributed by atoms with Crippen molar-refractivity contribution in [3.8, 4) is 11.1 Å². The fraction of sp³-hybridized carbons (Fsp3) is 0.475. The van der Waals surface area contributed by atoms with E-state index < -0.39 is 11.4 Å². The Hall–Kier alpha value is -4.81. The number of carboxylic acid groups (broad SMARTS) is 1. The number of aliphatic carboxylic acids is 1. The summed E-state index contributed by atoms with van der Waals surface area (Å²) in [5.74, 6) is -0.326. The van der Waals surface area contributed by atoms with Crippen LogP contribution in [0, 0.1) is 24.7 Å². The van der Waals surface area contributed by atoms with Crippen molar-refractivity contribution in [2.45, 2.75) is 78.3 Å². The molecule has 4 heterocycles. The Kier molecular flexibility index (Phi) is 8.57. The molecule has 4 aliphatic rings. The number of anilines is 2. The summed E-state index contributed by atoms with van der Waals surface area (Å²) in [6, 6.07) is 11.7. The van der Waals surface area contributed by atoms with Gasteiger partial charge in [0.1, 0.15) is 0 Å². The molecule has 0 radical (unpaired) electrons. The van der Waals surface area contributed by atoms with Crippen molar-refractivity contribution in [1.82, 2.24) is 29.3 Å². The van der Waals surface area contributed by atoms with Gasteiger partial charge in [-0.3, -0.25) is 19.3 Å². The van der Waals surface area contributed by atoms with Crippen LogP contribution in [0.2, 0.25) is 0 Å². The molecule has 2 bridgehead atoms. The van der Waals surface area contributed by atoms with Crippen LogP contribution in [0.5, 0.6) is 0 Å². The van der Waals surface area contributed by atoms with E-state index >= 15 is 0 Å². The lowest BCUT2D eigenvalue weighted by Gasteiger charge is -2.32. The number of aromatic nitrogens is 4. The Labute approximate surface area is 304 Å². The SMILES string of the molecule is Cc1c(NC(=O)c2nc3c(n2C)CCNC3)cccc1-c1cccc(NC(=O)c2nc3c(n2C)CCN(CCC24CCC(C(=O)O)(CC2)C4)C3)c1C. The van der Waals surface area contributed by atoms with Gasteiger partial charge in [-0.05, 0) is 98.7 Å². The zero-order valence-corrected chi connectivity index (χ0v) is 30.6. The number of hydrogen-bond acceptors (Lipinski definition) is 7. The van der Waals surface area contributed by atoms with Gasteiger partial charge in [-0.1, -0.05) is 24.3 Å². The zero-order chi connectivity index (χ0) is 36.4. The highest BCUT2D eigenvalue weighted by Gasteiger charge is 2.57. The third kappa shape index (κ3) is 5.81. The third-order valence-corrected chi connectivity index (χ3v) is 12.7. The first-order valence-electron chi connectivity index (χ1n) is 18.6. The second kappa shape index (κ2) is 13.0. The van der Waals surface area contributed by atoms with Gasteiger partial charge in [0.2, 0.25) is 0 Å². The predicted molar refractivity (Wildman–Crippen MR) is 198 cm³/mol. The van der Waals surface area contributed by atoms with Gasteiger partial charge in [-0.2, -0.15) is 0 Å². The van der Waals surface area contributed by atoms with E-state index in [1.54, 1.807) is 0 Å². The normalized spacial score (nSPS) is 22.2. The maximum Gasteiger partial charge on any atom is 0.309 e. The third-order valence-electron chi connectivity index (χ3n) is 12.7. The first kappa shape index (κ1) is 34.3. The first-order chi connectivity index (χ1) is 25.0. The summed E-state index contributed by atoms with van der Waals surface area (Å²) in [4.78, 5) is 51.0. The van der Waals surface area contributed by atoms with Crippen LogP contribution in [0.15, 0.2) is 36.4 Å². The molecule has 2 aromatic carbocycles. The van der Waals surface area contributed by atoms with Crippen LogP contribution in [0.1, 0.15) is 93.7 Å². The van der Waals surface area contributed by atoms with Gasteiger partial charge in [0.15, 0.2) is 11.6 Å². The van der Waals surface area contributed by atoms with Crippen molar-refractivity contribution < 1.29 is 19.5 Å². The number of benzene rings is 2. The number of carbonyl (C=O) groups excluding carboxylic acids is 2. The zero-order valence-electron chi connectivity index (χ0n) is 30.6. The van der Waals surface area contributed by atoms with E-state index in [2.05, 4.69) is 25.8 Å². The minimum absolute atomic E-state index is 0.158. The van der Waals surface area contributed by atoms with E-state index in [9.17, 15) is 19.5 Å². The number of fused-ring (bicyclic) bond motifs is 4. The number of nitrogens with zero attached hydrogens (tertiary/aromatic N) is 5. The van der Waals surface area contributed by atoms with E-state index in [0.717, 1.165) is 116 Å². The standard InChI is InChI=1S/C40H48N8O4/c1-24-26(7-5-9-28(24)44-36(49)34-42-30-21-41-18-11-32(30)46(34)3)27-8-6-10-29(25(27)2)45-37(50)35-43-31-22-48(19-12-33(31)47(35)4)20-17-39-13-15-40(23-39,16-14-39)38(51)52/h5-10,41H,11-23H2,1-4H3,(H,44,49)(H,45,50)(H,51,52). The van der Waals surface area contributed by atoms with Crippen LogP contribution in [-0.2, 0) is 44.8 Å². The first-order valence-corrected chi connectivity index (χ1v) is 18.6. The lowest BCUT2D eigenvalue weighted by molar-refractivity contribution is -0.148. The molecule has 4 aromatic rings. The summed E-state index contributed by atoms with van der Waals surface area (Å²) in [6.07, 6.45) is 7.14. The number of imidazole rings is 2. The quantitative estimate of drug-likeness (QED) is 0.182. The number of amides is 2. The maximum absolute atomic E-state index is 13.8. The van der Waals surface area contributed by atoms with Crippen LogP contribution in [0.4, 0.5) is 11.4 Å². The molecule has 0 saturated heterocycles. The molecular weight excluding hydrogens is 656 g/mol. The molecular formula is C40H48N8O4. The average Bonchev–Trinajstić information content (AvgIpc) is 3.90. The van der Waals surface area contributed by atoms with Gasteiger partial charge in [0, 0.05) is 75.9 Å². The van der Waals surface area contributed by atoms with Crippen molar-refractivity contribution in [2.24, 2.45) is 24.9 Å². The highest BCUT2D eigenvalue weighted by Crippen LogP contribution is 2.63. The number of hydrogen-bond donors (Lipinski definition) is 4. The Morgan fingerprint density at radius 3 is 1.96 bits per heavy atom. The smallest absolute Gasteiger partial charge is 0.309 e. The highest BCUT2D eigenvalue weighted by molar-refractivity contribution is 6.04. The van der Waals surface area contributed by atoms with Gasteiger partial charge < -0.3 is 30.2 Å². The van der Waals surface area contributed by atoms with Crippen molar-refractivity contribution in [2.75, 3.05) is 30.3 Å². The molecule has 0 atom stereocenters. The van der Waals surface area contributed by atoms with Gasteiger partial charge >= 0.3 is 5.97 Å². The minimum Gasteiger partial charge on any atom is -0.481 e. The van der Waals surface area contributed by atoms with E-state index in [1.807, 2.05) is 73.5 Å². The Morgan fingerprint density at radius 1 is 0.827 bits per heavy atom. The summed E-state index contributed by atoms with van der Waals surface area (Å²) < 4.78 is 3.83. The molecule has 0 unspecified atom stereocenters. The van der Waals surface area contributed by atoms with E-state index in [0.29, 0.717) is 36.1 Å². The molecule has 2 aliphatic carbocycles. The number of nitrogens with one attached hydrogen (secondary N) is 3. The van der Waals surface area contributed by atoms with Crippen molar-refractivity contribution in [3.63, 3.8) is 0 Å². The monoisotopic (exact) mass is 704 g/mol. The lowest BCUT2D eigenvalue weighted by atomic mass is 9.80. The Balaban J connectivity index is 0.951. The molecule has 52 heavy (non-hydrogen) atoms.